The quantitative estimate of drug-likeness (QED) is 0.472. The molecule has 11 heteroatoms. The van der Waals surface area contributed by atoms with E-state index >= 15 is 0 Å². The van der Waals surface area contributed by atoms with Crippen molar-refractivity contribution in [1.82, 2.24) is 24.2 Å². The number of methoxy groups -OCH3 is 1. The van der Waals surface area contributed by atoms with Crippen LogP contribution in [0.4, 0.5) is 15.1 Å². The Hall–Kier alpha value is -3.73. The highest BCUT2D eigenvalue weighted by Gasteiger charge is 2.32. The Morgan fingerprint density at radius 1 is 1.18 bits per heavy atom. The fourth-order valence-electron chi connectivity index (χ4n) is 4.87. The number of hydrogen-bond acceptors (Lipinski definition) is 7. The summed E-state index contributed by atoms with van der Waals surface area (Å²) in [6, 6.07) is 7.54. The third kappa shape index (κ3) is 6.47. The topological polar surface area (TPSA) is 104 Å². The molecule has 1 aliphatic rings. The summed E-state index contributed by atoms with van der Waals surface area (Å²) in [5.41, 5.74) is 1.42. The molecule has 1 unspecified atom stereocenters. The van der Waals surface area contributed by atoms with Gasteiger partial charge in [-0.2, -0.15) is 0 Å². The van der Waals surface area contributed by atoms with Crippen LogP contribution in [0.3, 0.4) is 0 Å². The van der Waals surface area contributed by atoms with Crippen LogP contribution in [0, 0.1) is 5.82 Å². The molecular weight excluding hydrogens is 503 g/mol. The van der Waals surface area contributed by atoms with E-state index in [1.165, 1.54) is 12.1 Å². The maximum absolute atomic E-state index is 13.8. The fraction of sp³-hybridized carbons (Fsp3) is 0.500. The Morgan fingerprint density at radius 3 is 2.46 bits per heavy atom. The number of piperidine rings is 1. The summed E-state index contributed by atoms with van der Waals surface area (Å²) < 4.78 is 28.1. The molecule has 0 spiro atoms. The molecule has 2 aromatic heterocycles. The summed E-state index contributed by atoms with van der Waals surface area (Å²) >= 11 is 0. The summed E-state index contributed by atoms with van der Waals surface area (Å²) in [6.45, 7) is 8.94. The number of rotatable bonds is 7. The number of halogens is 1. The summed E-state index contributed by atoms with van der Waals surface area (Å²) in [5.74, 6) is 0.0245. The van der Waals surface area contributed by atoms with E-state index in [0.29, 0.717) is 61.0 Å². The van der Waals surface area contributed by atoms with E-state index in [0.717, 1.165) is 0 Å². The summed E-state index contributed by atoms with van der Waals surface area (Å²) in [6.07, 6.45) is 2.55. The number of amides is 1. The van der Waals surface area contributed by atoms with Gasteiger partial charge in [-0.25, -0.2) is 19.2 Å². The summed E-state index contributed by atoms with van der Waals surface area (Å²) in [5, 5.41) is 3.23. The molecule has 3 heterocycles. The molecule has 10 nitrogen and oxygen atoms in total. The zero-order valence-corrected chi connectivity index (χ0v) is 23.4. The van der Waals surface area contributed by atoms with Crippen molar-refractivity contribution in [2.24, 2.45) is 7.05 Å². The van der Waals surface area contributed by atoms with E-state index < -0.39 is 5.60 Å². The standard InChI is InChI=1S/C28H37FN6O4/c1-18(17-38-6)31-26-30-14-11-22(32-26)24-23(19-7-9-20(29)10-8-19)25(36)33(5)35(24)21-12-15-34(16-13-21)27(37)39-28(2,3)4/h7-11,14,18,21H,12-13,15-17H2,1-6H3,(H,30,31,32). The Kier molecular flexibility index (Phi) is 8.39. The van der Waals surface area contributed by atoms with Gasteiger partial charge < -0.3 is 19.7 Å². The Bertz CT molecular complexity index is 1350. The molecule has 1 saturated heterocycles. The highest BCUT2D eigenvalue weighted by atomic mass is 19.1. The van der Waals surface area contributed by atoms with E-state index in [1.54, 1.807) is 48.1 Å². The smallest absolute Gasteiger partial charge is 0.410 e. The second-order valence-corrected chi connectivity index (χ2v) is 10.9. The van der Waals surface area contributed by atoms with E-state index in [4.69, 9.17) is 14.5 Å². The normalized spacial score (nSPS) is 15.3. The monoisotopic (exact) mass is 540 g/mol. The van der Waals surface area contributed by atoms with Crippen molar-refractivity contribution in [3.8, 4) is 22.5 Å². The van der Waals surface area contributed by atoms with E-state index in [1.807, 2.05) is 32.4 Å². The average molecular weight is 541 g/mol. The molecule has 1 aromatic carbocycles. The van der Waals surface area contributed by atoms with Gasteiger partial charge in [0.25, 0.3) is 5.56 Å². The van der Waals surface area contributed by atoms with Gasteiger partial charge in [-0.1, -0.05) is 12.1 Å². The van der Waals surface area contributed by atoms with Crippen molar-refractivity contribution in [1.29, 1.82) is 0 Å². The first-order valence-corrected chi connectivity index (χ1v) is 13.1. The minimum atomic E-state index is -0.574. The highest BCUT2D eigenvalue weighted by Crippen LogP contribution is 2.35. The molecule has 4 rings (SSSR count). The first kappa shape index (κ1) is 28.3. The minimum absolute atomic E-state index is 0.0306. The molecular formula is C28H37FN6O4. The molecule has 0 aliphatic carbocycles. The molecule has 1 aliphatic heterocycles. The number of nitrogens with one attached hydrogen (secondary N) is 1. The molecule has 0 radical (unpaired) electrons. The van der Waals surface area contributed by atoms with Gasteiger partial charge in [0.15, 0.2) is 0 Å². The number of likely N-dealkylation sites (tertiary alicyclic amines) is 1. The van der Waals surface area contributed by atoms with Crippen LogP contribution < -0.4 is 10.9 Å². The number of nitrogens with zero attached hydrogens (tertiary/aromatic N) is 5. The number of hydrogen-bond donors (Lipinski definition) is 1. The maximum atomic E-state index is 13.8. The second kappa shape index (κ2) is 11.6. The van der Waals surface area contributed by atoms with E-state index in [2.05, 4.69) is 10.3 Å². The number of aromatic nitrogens is 4. The predicted octanol–water partition coefficient (Wildman–Crippen LogP) is 4.47. The predicted molar refractivity (Wildman–Crippen MR) is 147 cm³/mol. The Labute approximate surface area is 227 Å². The van der Waals surface area contributed by atoms with Crippen molar-refractivity contribution >= 4 is 12.0 Å². The van der Waals surface area contributed by atoms with Gasteiger partial charge in [0, 0.05) is 39.5 Å². The third-order valence-electron chi connectivity index (χ3n) is 6.58. The van der Waals surface area contributed by atoms with Crippen molar-refractivity contribution in [3.63, 3.8) is 0 Å². The number of carbonyl (C=O) groups excluding carboxylic acids is 1. The van der Waals surface area contributed by atoms with Crippen molar-refractivity contribution in [2.75, 3.05) is 32.1 Å². The van der Waals surface area contributed by atoms with Gasteiger partial charge in [-0.05, 0) is 64.3 Å². The number of ether oxygens (including phenoxy) is 2. The van der Waals surface area contributed by atoms with Crippen LogP contribution in [0.2, 0.25) is 0 Å². The first-order chi connectivity index (χ1) is 18.5. The van der Waals surface area contributed by atoms with Gasteiger partial charge in [0.2, 0.25) is 5.95 Å². The molecule has 1 N–H and O–H groups in total. The van der Waals surface area contributed by atoms with E-state index in [9.17, 15) is 14.0 Å². The fourth-order valence-corrected chi connectivity index (χ4v) is 4.87. The molecule has 39 heavy (non-hydrogen) atoms. The first-order valence-electron chi connectivity index (χ1n) is 13.1. The minimum Gasteiger partial charge on any atom is -0.444 e. The Morgan fingerprint density at radius 2 is 1.85 bits per heavy atom. The van der Waals surface area contributed by atoms with Gasteiger partial charge in [-0.15, -0.1) is 0 Å². The molecule has 0 bridgehead atoms. The number of carbonyl (C=O) groups is 1. The zero-order chi connectivity index (χ0) is 28.3. The lowest BCUT2D eigenvalue weighted by molar-refractivity contribution is 0.0182. The number of anilines is 1. The van der Waals surface area contributed by atoms with Crippen LogP contribution in [0.15, 0.2) is 41.3 Å². The van der Waals surface area contributed by atoms with Gasteiger partial charge >= 0.3 is 6.09 Å². The van der Waals surface area contributed by atoms with Crippen molar-refractivity contribution in [2.45, 2.75) is 58.2 Å². The van der Waals surface area contributed by atoms with E-state index in [-0.39, 0.29) is 29.6 Å². The van der Waals surface area contributed by atoms with Crippen LogP contribution >= 0.6 is 0 Å². The molecule has 210 valence electrons. The number of benzene rings is 1. The molecule has 3 aromatic rings. The van der Waals surface area contributed by atoms with Crippen LogP contribution in [0.5, 0.6) is 0 Å². The van der Waals surface area contributed by atoms with Crippen LogP contribution in [-0.4, -0.2) is 68.8 Å². The van der Waals surface area contributed by atoms with Crippen LogP contribution in [0.25, 0.3) is 22.5 Å². The van der Waals surface area contributed by atoms with Gasteiger partial charge in [0.05, 0.1) is 29.6 Å². The van der Waals surface area contributed by atoms with Crippen LogP contribution in [-0.2, 0) is 16.5 Å². The highest BCUT2D eigenvalue weighted by molar-refractivity contribution is 5.79. The lowest BCUT2D eigenvalue weighted by Gasteiger charge is -2.35. The second-order valence-electron chi connectivity index (χ2n) is 10.9. The SMILES string of the molecule is COCC(C)Nc1nccc(-c2c(-c3ccc(F)cc3)c(=O)n(C)n2C2CCN(C(=O)OC(C)(C)C)CC2)n1. The maximum Gasteiger partial charge on any atom is 0.410 e. The molecule has 1 atom stereocenters. The molecule has 1 fully saturated rings. The largest absolute Gasteiger partial charge is 0.444 e. The molecule has 1 amide bonds. The van der Waals surface area contributed by atoms with Crippen molar-refractivity contribution in [3.05, 3.63) is 52.7 Å². The van der Waals surface area contributed by atoms with Crippen LogP contribution in [0.1, 0.15) is 46.6 Å². The lowest BCUT2D eigenvalue weighted by Crippen LogP contribution is -2.42. The zero-order valence-electron chi connectivity index (χ0n) is 23.4. The average Bonchev–Trinajstić information content (AvgIpc) is 3.14. The summed E-state index contributed by atoms with van der Waals surface area (Å²) in [7, 11) is 3.35. The lowest BCUT2D eigenvalue weighted by atomic mass is 10.0. The van der Waals surface area contributed by atoms with Gasteiger partial charge in [-0.3, -0.25) is 14.2 Å². The molecule has 0 saturated carbocycles. The van der Waals surface area contributed by atoms with Crippen molar-refractivity contribution < 1.29 is 18.7 Å². The summed E-state index contributed by atoms with van der Waals surface area (Å²) in [4.78, 5) is 37.1. The third-order valence-corrected chi connectivity index (χ3v) is 6.58. The van der Waals surface area contributed by atoms with Gasteiger partial charge in [0.1, 0.15) is 11.4 Å². The Balaban J connectivity index is 1.75.